The number of nitro groups is 1. The lowest BCUT2D eigenvalue weighted by atomic mass is 9.97. The van der Waals surface area contributed by atoms with Crippen LogP contribution in [0.4, 0.5) is 10.1 Å². The van der Waals surface area contributed by atoms with Gasteiger partial charge in [0.2, 0.25) is 0 Å². The maximum absolute atomic E-state index is 10.6. The van der Waals surface area contributed by atoms with Crippen LogP contribution in [0.3, 0.4) is 0 Å². The molecule has 100 valence electrons. The average Bonchev–Trinajstić information content (AvgIpc) is 2.87. The summed E-state index contributed by atoms with van der Waals surface area (Å²) in [5, 5.41) is 14.9. The van der Waals surface area contributed by atoms with Crippen LogP contribution in [0.1, 0.15) is 19.8 Å². The van der Waals surface area contributed by atoms with Gasteiger partial charge in [0.15, 0.2) is 5.13 Å². The van der Waals surface area contributed by atoms with Crippen molar-refractivity contribution >= 4 is 21.5 Å². The van der Waals surface area contributed by atoms with Gasteiger partial charge in [0, 0.05) is 13.1 Å². The van der Waals surface area contributed by atoms with Gasteiger partial charge in [0.1, 0.15) is 6.20 Å². The van der Waals surface area contributed by atoms with Crippen molar-refractivity contribution in [2.24, 2.45) is 5.92 Å². The van der Waals surface area contributed by atoms with E-state index >= 15 is 0 Å². The fraction of sp³-hybridized carbons (Fsp3) is 0.727. The molecule has 7 heteroatoms. The Bertz CT molecular complexity index is 402. The van der Waals surface area contributed by atoms with E-state index in [1.807, 2.05) is 0 Å². The van der Waals surface area contributed by atoms with Crippen molar-refractivity contribution in [3.8, 4) is 0 Å². The molecule has 0 unspecified atom stereocenters. The van der Waals surface area contributed by atoms with E-state index in [-0.39, 0.29) is 9.92 Å². The van der Waals surface area contributed by atoms with Gasteiger partial charge in [-0.3, -0.25) is 10.1 Å². The molecule has 1 saturated heterocycles. The summed E-state index contributed by atoms with van der Waals surface area (Å²) in [6.07, 6.45) is 3.60. The maximum atomic E-state index is 10.6. The Morgan fingerprint density at radius 2 is 2.33 bits per heavy atom. The van der Waals surface area contributed by atoms with E-state index < -0.39 is 0 Å². The van der Waals surface area contributed by atoms with E-state index in [1.165, 1.54) is 17.5 Å². The van der Waals surface area contributed by atoms with E-state index in [9.17, 15) is 10.1 Å². The Morgan fingerprint density at radius 1 is 1.61 bits per heavy atom. The molecule has 0 bridgehead atoms. The molecule has 1 aliphatic rings. The molecule has 0 aromatic carbocycles. The van der Waals surface area contributed by atoms with Gasteiger partial charge in [-0.2, -0.15) is 0 Å². The van der Waals surface area contributed by atoms with Crippen LogP contribution in [0, 0.1) is 16.0 Å². The fourth-order valence-corrected chi connectivity index (χ4v) is 2.95. The number of rotatable bonds is 5. The lowest BCUT2D eigenvalue weighted by molar-refractivity contribution is -0.380. The van der Waals surface area contributed by atoms with Gasteiger partial charge in [0.05, 0.1) is 4.92 Å². The molecule has 1 fully saturated rings. The monoisotopic (exact) mass is 270 g/mol. The Labute approximate surface area is 110 Å². The Kier molecular flexibility index (Phi) is 4.48. The first-order chi connectivity index (χ1) is 8.70. The number of nitrogens with one attached hydrogen (secondary N) is 1. The highest BCUT2D eigenvalue weighted by Crippen LogP contribution is 2.30. The maximum Gasteiger partial charge on any atom is 0.345 e. The van der Waals surface area contributed by atoms with Crippen molar-refractivity contribution in [3.63, 3.8) is 0 Å². The molecule has 0 radical (unpaired) electrons. The number of anilines is 1. The normalized spacial score (nSPS) is 17.1. The number of aromatic nitrogens is 1. The fourth-order valence-electron chi connectivity index (χ4n) is 2.16. The summed E-state index contributed by atoms with van der Waals surface area (Å²) in [6.45, 7) is 6.09. The zero-order chi connectivity index (χ0) is 13.0. The lowest BCUT2D eigenvalue weighted by Gasteiger charge is -2.31. The summed E-state index contributed by atoms with van der Waals surface area (Å²) in [4.78, 5) is 16.5. The van der Waals surface area contributed by atoms with Crippen LogP contribution in [0.25, 0.3) is 0 Å². The van der Waals surface area contributed by atoms with Crippen molar-refractivity contribution in [2.75, 3.05) is 31.1 Å². The van der Waals surface area contributed by atoms with Crippen molar-refractivity contribution < 1.29 is 4.92 Å². The van der Waals surface area contributed by atoms with Gasteiger partial charge in [-0.05, 0) is 43.2 Å². The van der Waals surface area contributed by atoms with Gasteiger partial charge in [-0.15, -0.1) is 0 Å². The average molecular weight is 270 g/mol. The molecule has 2 rings (SSSR count). The number of nitrogens with zero attached hydrogens (tertiary/aromatic N) is 3. The van der Waals surface area contributed by atoms with Gasteiger partial charge in [-0.1, -0.05) is 6.92 Å². The Morgan fingerprint density at radius 3 is 2.89 bits per heavy atom. The SMILES string of the molecule is CCNCC1CCN(c2ncc([N+](=O)[O-])s2)CC1. The van der Waals surface area contributed by atoms with Crippen molar-refractivity contribution in [1.29, 1.82) is 0 Å². The molecule has 0 aliphatic carbocycles. The summed E-state index contributed by atoms with van der Waals surface area (Å²) in [6, 6.07) is 0. The standard InChI is InChI=1S/C11H18N4O2S/c1-2-12-7-9-3-5-14(6-4-9)11-13-8-10(18-11)15(16)17/h8-9,12H,2-7H2,1H3. The first kappa shape index (κ1) is 13.2. The second-order valence-electron chi connectivity index (χ2n) is 4.48. The summed E-state index contributed by atoms with van der Waals surface area (Å²) >= 11 is 1.17. The first-order valence-electron chi connectivity index (χ1n) is 6.26. The Balaban J connectivity index is 1.86. The van der Waals surface area contributed by atoms with Crippen LogP contribution < -0.4 is 10.2 Å². The number of hydrogen-bond acceptors (Lipinski definition) is 6. The zero-order valence-corrected chi connectivity index (χ0v) is 11.3. The number of hydrogen-bond donors (Lipinski definition) is 1. The molecule has 0 atom stereocenters. The minimum Gasteiger partial charge on any atom is -0.348 e. The molecule has 0 saturated carbocycles. The predicted molar refractivity (Wildman–Crippen MR) is 72.2 cm³/mol. The van der Waals surface area contributed by atoms with Gasteiger partial charge >= 0.3 is 5.00 Å². The van der Waals surface area contributed by atoms with E-state index in [4.69, 9.17) is 0 Å². The molecule has 1 aromatic rings. The summed E-state index contributed by atoms with van der Waals surface area (Å²) in [7, 11) is 0. The predicted octanol–water partition coefficient (Wildman–Crippen LogP) is 1.88. The quantitative estimate of drug-likeness (QED) is 0.653. The van der Waals surface area contributed by atoms with Crippen molar-refractivity contribution in [3.05, 3.63) is 16.3 Å². The first-order valence-corrected chi connectivity index (χ1v) is 7.08. The number of thiazole rings is 1. The van der Waals surface area contributed by atoms with Gasteiger partial charge in [0.25, 0.3) is 0 Å². The zero-order valence-electron chi connectivity index (χ0n) is 10.5. The third-order valence-electron chi connectivity index (χ3n) is 3.23. The van der Waals surface area contributed by atoms with Crippen LogP contribution in [0.5, 0.6) is 0 Å². The second kappa shape index (κ2) is 6.10. The molecule has 18 heavy (non-hydrogen) atoms. The molecule has 6 nitrogen and oxygen atoms in total. The second-order valence-corrected chi connectivity index (χ2v) is 5.46. The molecule has 1 aliphatic heterocycles. The Hall–Kier alpha value is -1.21. The highest BCUT2D eigenvalue weighted by atomic mass is 32.1. The number of piperidine rings is 1. The largest absolute Gasteiger partial charge is 0.348 e. The molecule has 2 heterocycles. The highest BCUT2D eigenvalue weighted by molar-refractivity contribution is 7.18. The van der Waals surface area contributed by atoms with Gasteiger partial charge < -0.3 is 10.2 Å². The molecule has 0 spiro atoms. The minimum absolute atomic E-state index is 0.125. The third-order valence-corrected chi connectivity index (χ3v) is 4.24. The van der Waals surface area contributed by atoms with Crippen LogP contribution in [0.2, 0.25) is 0 Å². The van der Waals surface area contributed by atoms with Gasteiger partial charge in [-0.25, -0.2) is 4.98 Å². The van der Waals surface area contributed by atoms with E-state index in [0.717, 1.165) is 50.1 Å². The topological polar surface area (TPSA) is 71.3 Å². The molecule has 0 amide bonds. The summed E-state index contributed by atoms with van der Waals surface area (Å²) in [5.41, 5.74) is 0. The minimum atomic E-state index is -0.376. The smallest absolute Gasteiger partial charge is 0.345 e. The lowest BCUT2D eigenvalue weighted by Crippen LogP contribution is -2.37. The van der Waals surface area contributed by atoms with E-state index in [1.54, 1.807) is 0 Å². The third kappa shape index (κ3) is 3.17. The van der Waals surface area contributed by atoms with Crippen LogP contribution >= 0.6 is 11.3 Å². The van der Waals surface area contributed by atoms with Crippen molar-refractivity contribution in [2.45, 2.75) is 19.8 Å². The van der Waals surface area contributed by atoms with Crippen LogP contribution in [0.15, 0.2) is 6.20 Å². The van der Waals surface area contributed by atoms with Crippen molar-refractivity contribution in [1.82, 2.24) is 10.3 Å². The molecular weight excluding hydrogens is 252 g/mol. The van der Waals surface area contributed by atoms with E-state index in [2.05, 4.69) is 22.1 Å². The van der Waals surface area contributed by atoms with E-state index in [0.29, 0.717) is 0 Å². The van der Waals surface area contributed by atoms with Crippen LogP contribution in [-0.2, 0) is 0 Å². The molecule has 1 N–H and O–H groups in total. The highest BCUT2D eigenvalue weighted by Gasteiger charge is 2.22. The summed E-state index contributed by atoms with van der Waals surface area (Å²) in [5.74, 6) is 0.719. The molecular formula is C11H18N4O2S. The molecule has 1 aromatic heterocycles. The van der Waals surface area contributed by atoms with Crippen LogP contribution in [-0.4, -0.2) is 36.1 Å². The summed E-state index contributed by atoms with van der Waals surface area (Å²) < 4.78 is 0.